The van der Waals surface area contributed by atoms with Crippen LogP contribution in [0.2, 0.25) is 0 Å². The second-order valence-electron chi connectivity index (χ2n) is 18.0. The summed E-state index contributed by atoms with van der Waals surface area (Å²) in [6.07, 6.45) is -2.66. The average Bonchev–Trinajstić information content (AvgIpc) is 4.06. The number of hydrogen-bond acceptors (Lipinski definition) is 10. The van der Waals surface area contributed by atoms with Crippen LogP contribution in [0.4, 0.5) is 17.6 Å². The monoisotopic (exact) mass is 982 g/mol. The van der Waals surface area contributed by atoms with Crippen molar-refractivity contribution in [1.82, 2.24) is 30.9 Å². The number of hydrogen-bond donors (Lipinski definition) is 4. The van der Waals surface area contributed by atoms with E-state index >= 15 is 0 Å². The number of halogens is 4. The lowest BCUT2D eigenvalue weighted by Gasteiger charge is -2.21. The summed E-state index contributed by atoms with van der Waals surface area (Å²) in [7, 11) is 0. The van der Waals surface area contributed by atoms with Crippen LogP contribution in [0, 0.1) is 19.7 Å². The van der Waals surface area contributed by atoms with E-state index in [1.807, 2.05) is 25.1 Å². The maximum absolute atomic E-state index is 14.7. The lowest BCUT2D eigenvalue weighted by Crippen LogP contribution is -2.46. The lowest BCUT2D eigenvalue weighted by molar-refractivity contribution is -0.143. The molecule has 0 amide bonds. The predicted octanol–water partition coefficient (Wildman–Crippen LogP) is 12.9. The van der Waals surface area contributed by atoms with E-state index in [2.05, 4.69) is 69.0 Å². The van der Waals surface area contributed by atoms with Gasteiger partial charge in [-0.05, 0) is 123 Å². The smallest absolute Gasteiger partial charge is 0.417 e. The standard InChI is InChI=1S/C29H30FN3O3.C27H24F3N3O3/c1-5-8-19-15-21(13-14-24(19)23-10-7-6-9-18(23)2)27-32-26(33-36-27)20-11-12-22(25(30)16-20)17-31-29(3,4)28(34)35;1-15-6-4-5-7-21(15)22-13-12-20(14-23(22)27(28,29)30)25-32-24(33-36-25)19-10-8-18(9-11-19)16(2)31-17(3)26(34)35/h6-7,9-16,31H,5,8,17H2,1-4H3,(H,34,35);4-14,16-17,31H,1-3H3,(H,34,35)/t;16-,17+/m.0/s1. The Labute approximate surface area is 414 Å². The van der Waals surface area contributed by atoms with Crippen molar-refractivity contribution in [2.75, 3.05) is 0 Å². The van der Waals surface area contributed by atoms with Crippen LogP contribution in [0.5, 0.6) is 0 Å². The van der Waals surface area contributed by atoms with Crippen LogP contribution in [-0.2, 0) is 28.7 Å². The second-order valence-corrected chi connectivity index (χ2v) is 18.0. The van der Waals surface area contributed by atoms with Gasteiger partial charge in [-0.2, -0.15) is 23.1 Å². The Hall–Kier alpha value is -7.82. The number of nitrogens with one attached hydrogen (secondary N) is 2. The third-order valence-corrected chi connectivity index (χ3v) is 12.3. The molecule has 0 fully saturated rings. The number of rotatable bonds is 16. The number of alkyl halides is 3. The minimum atomic E-state index is -4.57. The van der Waals surface area contributed by atoms with Crippen molar-refractivity contribution >= 4 is 11.9 Å². The van der Waals surface area contributed by atoms with Gasteiger partial charge in [-0.25, -0.2) is 4.39 Å². The molecule has 8 rings (SSSR count). The first-order valence-electron chi connectivity index (χ1n) is 23.2. The van der Waals surface area contributed by atoms with E-state index in [9.17, 15) is 32.3 Å². The van der Waals surface area contributed by atoms with Crippen molar-refractivity contribution in [2.24, 2.45) is 0 Å². The normalized spacial score (nSPS) is 12.5. The number of benzene rings is 6. The van der Waals surface area contributed by atoms with E-state index < -0.39 is 41.1 Å². The fourth-order valence-corrected chi connectivity index (χ4v) is 7.96. The number of carboxylic acid groups (broad SMARTS) is 2. The summed E-state index contributed by atoms with van der Waals surface area (Å²) in [5, 5.41) is 32.1. The molecule has 0 saturated carbocycles. The number of carboxylic acids is 2. The first kappa shape index (κ1) is 52.0. The molecule has 6 aromatic carbocycles. The summed E-state index contributed by atoms with van der Waals surface area (Å²) >= 11 is 0. The van der Waals surface area contributed by atoms with Gasteiger partial charge in [0.05, 0.1) is 5.56 Å². The number of aliphatic carboxylic acids is 2. The summed E-state index contributed by atoms with van der Waals surface area (Å²) in [5.74, 6) is -1.57. The zero-order chi connectivity index (χ0) is 51.9. The van der Waals surface area contributed by atoms with Gasteiger partial charge in [0.25, 0.3) is 11.8 Å². The van der Waals surface area contributed by atoms with Crippen molar-refractivity contribution < 1.29 is 46.4 Å². The number of aryl methyl sites for hydroxylation is 3. The molecule has 372 valence electrons. The molecular weight excluding hydrogens is 929 g/mol. The van der Waals surface area contributed by atoms with Crippen LogP contribution in [0.15, 0.2) is 136 Å². The van der Waals surface area contributed by atoms with E-state index in [4.69, 9.17) is 14.2 Å². The topological polar surface area (TPSA) is 176 Å². The summed E-state index contributed by atoms with van der Waals surface area (Å²) in [5.41, 5.74) is 7.47. The molecule has 0 aliphatic rings. The number of aromatic nitrogens is 4. The highest BCUT2D eigenvalue weighted by atomic mass is 19.4. The minimum absolute atomic E-state index is 0.0266. The molecule has 0 saturated heterocycles. The highest BCUT2D eigenvalue weighted by molar-refractivity contribution is 5.78. The zero-order valence-electron chi connectivity index (χ0n) is 40.7. The van der Waals surface area contributed by atoms with Gasteiger partial charge in [-0.15, -0.1) is 0 Å². The van der Waals surface area contributed by atoms with Crippen molar-refractivity contribution in [3.63, 3.8) is 0 Å². The van der Waals surface area contributed by atoms with Gasteiger partial charge in [-0.1, -0.05) is 121 Å². The Balaban J connectivity index is 0.000000211. The van der Waals surface area contributed by atoms with Gasteiger partial charge in [-0.3, -0.25) is 20.2 Å². The van der Waals surface area contributed by atoms with Gasteiger partial charge < -0.3 is 19.3 Å². The number of nitrogens with zero attached hydrogens (tertiary/aromatic N) is 4. The first-order chi connectivity index (χ1) is 34.2. The molecule has 8 aromatic rings. The molecule has 0 aliphatic carbocycles. The fraction of sp³-hybridized carbons (Fsp3) is 0.250. The molecular formula is C56H54F4N6O6. The summed E-state index contributed by atoms with van der Waals surface area (Å²) in [6, 6.07) is 36.2. The van der Waals surface area contributed by atoms with Crippen molar-refractivity contribution in [3.8, 4) is 67.9 Å². The Morgan fingerprint density at radius 1 is 0.653 bits per heavy atom. The lowest BCUT2D eigenvalue weighted by atomic mass is 9.92. The fourth-order valence-electron chi connectivity index (χ4n) is 7.96. The molecule has 0 spiro atoms. The molecule has 0 unspecified atom stereocenters. The number of carbonyl (C=O) groups is 2. The molecule has 12 nitrogen and oxygen atoms in total. The van der Waals surface area contributed by atoms with Crippen LogP contribution in [0.25, 0.3) is 67.9 Å². The maximum atomic E-state index is 14.7. The highest BCUT2D eigenvalue weighted by Gasteiger charge is 2.35. The predicted molar refractivity (Wildman–Crippen MR) is 267 cm³/mol. The quantitative estimate of drug-likeness (QED) is 0.0675. The third kappa shape index (κ3) is 12.2. The van der Waals surface area contributed by atoms with Gasteiger partial charge in [0.2, 0.25) is 11.6 Å². The third-order valence-electron chi connectivity index (χ3n) is 12.3. The molecule has 0 radical (unpaired) electrons. The van der Waals surface area contributed by atoms with Crippen LogP contribution >= 0.6 is 0 Å². The highest BCUT2D eigenvalue weighted by Crippen LogP contribution is 2.41. The first-order valence-corrected chi connectivity index (χ1v) is 23.2. The molecule has 4 N–H and O–H groups in total. The minimum Gasteiger partial charge on any atom is -0.480 e. The Morgan fingerprint density at radius 3 is 1.72 bits per heavy atom. The maximum Gasteiger partial charge on any atom is 0.417 e. The Kier molecular flexibility index (Phi) is 16.0. The largest absolute Gasteiger partial charge is 0.480 e. The molecule has 2 heterocycles. The summed E-state index contributed by atoms with van der Waals surface area (Å²) < 4.78 is 67.4. The van der Waals surface area contributed by atoms with E-state index in [1.54, 1.807) is 74.5 Å². The van der Waals surface area contributed by atoms with Crippen LogP contribution in [-0.4, -0.2) is 54.0 Å². The van der Waals surface area contributed by atoms with Crippen LogP contribution < -0.4 is 10.6 Å². The van der Waals surface area contributed by atoms with Crippen molar-refractivity contribution in [3.05, 3.63) is 167 Å². The van der Waals surface area contributed by atoms with E-state index in [1.165, 1.54) is 54.3 Å². The van der Waals surface area contributed by atoms with Crippen molar-refractivity contribution in [1.29, 1.82) is 0 Å². The van der Waals surface area contributed by atoms with Gasteiger partial charge in [0.1, 0.15) is 17.4 Å². The van der Waals surface area contributed by atoms with E-state index in [0.29, 0.717) is 28.1 Å². The van der Waals surface area contributed by atoms with Gasteiger partial charge in [0.15, 0.2) is 0 Å². The molecule has 2 aromatic heterocycles. The van der Waals surface area contributed by atoms with E-state index in [-0.39, 0.29) is 41.3 Å². The molecule has 2 atom stereocenters. The molecule has 0 aliphatic heterocycles. The molecule has 72 heavy (non-hydrogen) atoms. The van der Waals surface area contributed by atoms with Crippen molar-refractivity contribution in [2.45, 2.75) is 91.7 Å². The molecule has 16 heteroatoms. The summed E-state index contributed by atoms with van der Waals surface area (Å²) in [4.78, 5) is 31.1. The Morgan fingerprint density at radius 2 is 1.18 bits per heavy atom. The molecule has 0 bridgehead atoms. The van der Waals surface area contributed by atoms with Gasteiger partial charge >= 0.3 is 18.1 Å². The SMILES string of the molecule is CCCc1cc(-c2nc(-c3ccc(CNC(C)(C)C(=O)O)c(F)c3)no2)ccc1-c1ccccc1C.Cc1ccccc1-c1ccc(-c2nc(-c3ccc([C@H](C)N[C@H](C)C(=O)O)cc3)no2)cc1C(F)(F)F. The zero-order valence-corrected chi connectivity index (χ0v) is 40.7. The van der Waals surface area contributed by atoms with Crippen LogP contribution in [0.1, 0.15) is 80.5 Å². The van der Waals surface area contributed by atoms with E-state index in [0.717, 1.165) is 35.6 Å². The van der Waals surface area contributed by atoms with Crippen LogP contribution in [0.3, 0.4) is 0 Å². The van der Waals surface area contributed by atoms with Gasteiger partial charge in [0, 0.05) is 40.4 Å². The average molecular weight is 983 g/mol. The summed E-state index contributed by atoms with van der Waals surface area (Å²) in [6.45, 7) is 12.6. The Bertz CT molecular complexity index is 3200. The second kappa shape index (κ2) is 22.1.